The van der Waals surface area contributed by atoms with Gasteiger partial charge < -0.3 is 9.88 Å². The fourth-order valence-electron chi connectivity index (χ4n) is 4.36. The van der Waals surface area contributed by atoms with Crippen LogP contribution in [0.5, 0.6) is 0 Å². The zero-order valence-corrected chi connectivity index (χ0v) is 20.7. The van der Waals surface area contributed by atoms with Gasteiger partial charge in [0, 0.05) is 39.0 Å². The van der Waals surface area contributed by atoms with Crippen LogP contribution in [-0.2, 0) is 28.3 Å². The second-order valence-corrected chi connectivity index (χ2v) is 10.8. The molecule has 0 spiro atoms. The molecule has 1 unspecified atom stereocenters. The third-order valence-corrected chi connectivity index (χ3v) is 8.31. The molecule has 2 heterocycles. The first kappa shape index (κ1) is 25.1. The summed E-state index contributed by atoms with van der Waals surface area (Å²) < 4.78 is 42.7. The fourth-order valence-corrected chi connectivity index (χ4v) is 5.87. The molecule has 0 radical (unpaired) electrons. The highest BCUT2D eigenvalue weighted by Gasteiger charge is 2.25. The number of hydrogen-bond acceptors (Lipinski definition) is 4. The number of benzene rings is 2. The van der Waals surface area contributed by atoms with E-state index in [9.17, 15) is 17.6 Å². The number of nitrogens with zero attached hydrogens (tertiary/aromatic N) is 3. The minimum atomic E-state index is -3.49. The molecule has 2 aromatic carbocycles. The molecule has 1 aromatic heterocycles. The van der Waals surface area contributed by atoms with Crippen LogP contribution in [-0.4, -0.2) is 41.3 Å². The Morgan fingerprint density at radius 3 is 2.29 bits per heavy atom. The molecule has 1 N–H and O–H groups in total. The van der Waals surface area contributed by atoms with E-state index in [0.717, 1.165) is 36.8 Å². The molecular formula is C26H31FN4O3S. The van der Waals surface area contributed by atoms with Crippen LogP contribution in [0.4, 0.5) is 4.39 Å². The lowest BCUT2D eigenvalue weighted by Gasteiger charge is -2.20. The smallest absolute Gasteiger partial charge is 0.243 e. The standard InChI is InChI=1S/C26H31FN4O3S/c1-30-19-16-28-26(30)25(21-9-11-22(27)12-10-21)29-24(32)15-8-20-6-13-23(14-7-20)35(33,34)31-17-4-2-3-5-18-31/h6-7,9-14,16,19,25H,2-5,8,15,17-18H2,1H3,(H,29,32). The first-order valence-electron chi connectivity index (χ1n) is 12.0. The van der Waals surface area contributed by atoms with Crippen molar-refractivity contribution in [3.05, 3.63) is 83.7 Å². The summed E-state index contributed by atoms with van der Waals surface area (Å²) in [7, 11) is -1.65. The average Bonchev–Trinajstić information content (AvgIpc) is 3.09. The Morgan fingerprint density at radius 2 is 1.69 bits per heavy atom. The Hall–Kier alpha value is -3.04. The van der Waals surface area contributed by atoms with Crippen molar-refractivity contribution in [3.8, 4) is 0 Å². The molecule has 1 saturated heterocycles. The van der Waals surface area contributed by atoms with E-state index in [2.05, 4.69) is 10.3 Å². The van der Waals surface area contributed by atoms with E-state index in [4.69, 9.17) is 0 Å². The van der Waals surface area contributed by atoms with Gasteiger partial charge in [0.25, 0.3) is 0 Å². The van der Waals surface area contributed by atoms with Gasteiger partial charge in [-0.3, -0.25) is 4.79 Å². The van der Waals surface area contributed by atoms with Gasteiger partial charge in [-0.1, -0.05) is 37.1 Å². The second-order valence-electron chi connectivity index (χ2n) is 8.91. The lowest BCUT2D eigenvalue weighted by molar-refractivity contribution is -0.121. The molecule has 35 heavy (non-hydrogen) atoms. The largest absolute Gasteiger partial charge is 0.342 e. The predicted molar refractivity (Wildman–Crippen MR) is 132 cm³/mol. The number of imidazole rings is 1. The van der Waals surface area contributed by atoms with Crippen molar-refractivity contribution in [2.24, 2.45) is 7.05 Å². The summed E-state index contributed by atoms with van der Waals surface area (Å²) in [6.07, 6.45) is 8.04. The van der Waals surface area contributed by atoms with Gasteiger partial charge in [-0.25, -0.2) is 17.8 Å². The van der Waals surface area contributed by atoms with Crippen molar-refractivity contribution < 1.29 is 17.6 Å². The van der Waals surface area contributed by atoms with Crippen LogP contribution in [0.1, 0.15) is 55.1 Å². The first-order valence-corrected chi connectivity index (χ1v) is 13.4. The zero-order valence-electron chi connectivity index (χ0n) is 19.9. The summed E-state index contributed by atoms with van der Waals surface area (Å²) in [6, 6.07) is 12.3. The lowest BCUT2D eigenvalue weighted by atomic mass is 10.0. The number of rotatable bonds is 8. The van der Waals surface area contributed by atoms with E-state index in [-0.39, 0.29) is 18.1 Å². The van der Waals surface area contributed by atoms with E-state index in [1.165, 1.54) is 12.1 Å². The Balaban J connectivity index is 1.40. The van der Waals surface area contributed by atoms with E-state index in [1.807, 2.05) is 11.6 Å². The predicted octanol–water partition coefficient (Wildman–Crippen LogP) is 3.96. The van der Waals surface area contributed by atoms with Gasteiger partial charge in [-0.2, -0.15) is 4.31 Å². The normalized spacial score (nSPS) is 15.9. The lowest BCUT2D eigenvalue weighted by Crippen LogP contribution is -2.32. The second kappa shape index (κ2) is 11.1. The molecule has 1 amide bonds. The number of carbonyl (C=O) groups excluding carboxylic acids is 1. The Morgan fingerprint density at radius 1 is 1.03 bits per heavy atom. The number of carbonyl (C=O) groups is 1. The van der Waals surface area contributed by atoms with Gasteiger partial charge in [0.15, 0.2) is 0 Å². The van der Waals surface area contributed by atoms with Gasteiger partial charge in [0.05, 0.1) is 4.90 Å². The molecule has 3 aromatic rings. The van der Waals surface area contributed by atoms with Crippen molar-refractivity contribution in [1.82, 2.24) is 19.2 Å². The minimum Gasteiger partial charge on any atom is -0.342 e. The Kier molecular flexibility index (Phi) is 7.97. The molecule has 1 atom stereocenters. The molecule has 1 fully saturated rings. The van der Waals surface area contributed by atoms with Crippen LogP contribution in [0.2, 0.25) is 0 Å². The summed E-state index contributed by atoms with van der Waals surface area (Å²) in [5.74, 6) is 0.122. The molecule has 1 aliphatic heterocycles. The number of sulfonamides is 1. The zero-order chi connectivity index (χ0) is 24.8. The van der Waals surface area contributed by atoms with Crippen molar-refractivity contribution in [2.45, 2.75) is 49.5 Å². The maximum atomic E-state index is 13.4. The average molecular weight is 499 g/mol. The van der Waals surface area contributed by atoms with Gasteiger partial charge >= 0.3 is 0 Å². The molecule has 4 rings (SSSR count). The van der Waals surface area contributed by atoms with Crippen molar-refractivity contribution in [3.63, 3.8) is 0 Å². The molecule has 186 valence electrons. The topological polar surface area (TPSA) is 84.3 Å². The highest BCUT2D eigenvalue weighted by atomic mass is 32.2. The third kappa shape index (κ3) is 6.15. The van der Waals surface area contributed by atoms with Crippen LogP contribution in [0.3, 0.4) is 0 Å². The first-order chi connectivity index (χ1) is 16.8. The van der Waals surface area contributed by atoms with Crippen LogP contribution in [0.25, 0.3) is 0 Å². The maximum Gasteiger partial charge on any atom is 0.243 e. The molecule has 9 heteroatoms. The summed E-state index contributed by atoms with van der Waals surface area (Å²) in [5, 5.41) is 3.00. The van der Waals surface area contributed by atoms with E-state index in [0.29, 0.717) is 30.2 Å². The van der Waals surface area contributed by atoms with Crippen molar-refractivity contribution in [2.75, 3.05) is 13.1 Å². The van der Waals surface area contributed by atoms with Crippen LogP contribution in [0, 0.1) is 5.82 Å². The van der Waals surface area contributed by atoms with Crippen LogP contribution >= 0.6 is 0 Å². The highest BCUT2D eigenvalue weighted by Crippen LogP contribution is 2.23. The molecule has 7 nitrogen and oxygen atoms in total. The Bertz CT molecular complexity index is 1230. The summed E-state index contributed by atoms with van der Waals surface area (Å²) >= 11 is 0. The molecule has 0 saturated carbocycles. The molecule has 0 bridgehead atoms. The summed E-state index contributed by atoms with van der Waals surface area (Å²) in [6.45, 7) is 1.13. The number of nitrogens with one attached hydrogen (secondary N) is 1. The van der Waals surface area contributed by atoms with E-state index >= 15 is 0 Å². The van der Waals surface area contributed by atoms with Crippen LogP contribution in [0.15, 0.2) is 65.8 Å². The van der Waals surface area contributed by atoms with E-state index < -0.39 is 16.1 Å². The molecule has 0 aliphatic carbocycles. The molecule has 1 aliphatic rings. The number of aryl methyl sites for hydroxylation is 2. The molecular weight excluding hydrogens is 467 g/mol. The SMILES string of the molecule is Cn1ccnc1C(NC(=O)CCc1ccc(S(=O)(=O)N2CCCCCC2)cc1)c1ccc(F)cc1. The monoisotopic (exact) mass is 498 g/mol. The number of amides is 1. The Labute approximate surface area is 206 Å². The quantitative estimate of drug-likeness (QED) is 0.510. The highest BCUT2D eigenvalue weighted by molar-refractivity contribution is 7.89. The van der Waals surface area contributed by atoms with Crippen molar-refractivity contribution in [1.29, 1.82) is 0 Å². The maximum absolute atomic E-state index is 13.4. The van der Waals surface area contributed by atoms with E-state index in [1.54, 1.807) is 53.1 Å². The van der Waals surface area contributed by atoms with Gasteiger partial charge in [-0.15, -0.1) is 0 Å². The summed E-state index contributed by atoms with van der Waals surface area (Å²) in [4.78, 5) is 17.5. The minimum absolute atomic E-state index is 0.177. The van der Waals surface area contributed by atoms with Crippen LogP contribution < -0.4 is 5.32 Å². The number of aromatic nitrogens is 2. The van der Waals surface area contributed by atoms with Gasteiger partial charge in [-0.05, 0) is 54.7 Å². The van der Waals surface area contributed by atoms with Gasteiger partial charge in [0.2, 0.25) is 15.9 Å². The van der Waals surface area contributed by atoms with Gasteiger partial charge in [0.1, 0.15) is 17.7 Å². The number of halogens is 1. The fraction of sp³-hybridized carbons (Fsp3) is 0.385. The third-order valence-electron chi connectivity index (χ3n) is 6.39. The van der Waals surface area contributed by atoms with Crippen molar-refractivity contribution >= 4 is 15.9 Å². The number of hydrogen-bond donors (Lipinski definition) is 1. The summed E-state index contributed by atoms with van der Waals surface area (Å²) in [5.41, 5.74) is 1.61.